The van der Waals surface area contributed by atoms with Gasteiger partial charge in [-0.3, -0.25) is 0 Å². The van der Waals surface area contributed by atoms with Crippen molar-refractivity contribution in [2.75, 3.05) is 25.4 Å². The van der Waals surface area contributed by atoms with E-state index in [1.54, 1.807) is 7.11 Å². The van der Waals surface area contributed by atoms with E-state index in [-0.39, 0.29) is 24.5 Å². The lowest BCUT2D eigenvalue weighted by atomic mass is 9.96. The molecule has 2 aromatic carbocycles. The molecule has 0 saturated carbocycles. The number of hydrogen-bond donors (Lipinski definition) is 2. The first kappa shape index (κ1) is 18.7. The van der Waals surface area contributed by atoms with Crippen LogP contribution in [0, 0.1) is 0 Å². The molecule has 0 unspecified atom stereocenters. The third-order valence-electron chi connectivity index (χ3n) is 4.66. The van der Waals surface area contributed by atoms with Crippen LogP contribution in [0.4, 0.5) is 11.8 Å². The average Bonchev–Trinajstić information content (AvgIpc) is 3.17. The molecule has 1 aliphatic rings. The number of anilines is 2. The summed E-state index contributed by atoms with van der Waals surface area (Å²) in [5.74, 6) is 3.55. The van der Waals surface area contributed by atoms with Crippen LogP contribution < -0.4 is 30.4 Å². The normalized spacial score (nSPS) is 12.3. The molecule has 0 amide bonds. The molecule has 0 fully saturated rings. The van der Waals surface area contributed by atoms with Gasteiger partial charge in [0.1, 0.15) is 11.5 Å². The van der Waals surface area contributed by atoms with Crippen LogP contribution in [0.15, 0.2) is 36.5 Å². The second kappa shape index (κ2) is 7.38. The number of hydrogen-bond acceptors (Lipinski definition) is 8. The van der Waals surface area contributed by atoms with Gasteiger partial charge in [-0.05, 0) is 35.7 Å². The summed E-state index contributed by atoms with van der Waals surface area (Å²) in [7, 11) is 1.64. The SMILES string of the molecule is COc1cc(C(C)C)c(Oc2cnc(N)nc2N)cc1-c1ccc2c(c1)OCO2. The topological polar surface area (TPSA) is 115 Å². The molecule has 0 aliphatic carbocycles. The molecule has 4 N–H and O–H groups in total. The number of fused-ring (bicyclic) bond motifs is 1. The lowest BCUT2D eigenvalue weighted by Gasteiger charge is -2.19. The predicted octanol–water partition coefficient (Wildman–Crippen LogP) is 3.96. The van der Waals surface area contributed by atoms with E-state index in [0.717, 1.165) is 28.2 Å². The highest BCUT2D eigenvalue weighted by atomic mass is 16.7. The summed E-state index contributed by atoms with van der Waals surface area (Å²) >= 11 is 0. The van der Waals surface area contributed by atoms with Crippen LogP contribution in [0.3, 0.4) is 0 Å². The van der Waals surface area contributed by atoms with Gasteiger partial charge < -0.3 is 30.4 Å². The zero-order chi connectivity index (χ0) is 20.5. The van der Waals surface area contributed by atoms with Crippen molar-refractivity contribution in [3.63, 3.8) is 0 Å². The first-order valence-electron chi connectivity index (χ1n) is 9.14. The van der Waals surface area contributed by atoms with Gasteiger partial charge in [0.15, 0.2) is 23.1 Å². The van der Waals surface area contributed by atoms with Crippen molar-refractivity contribution < 1.29 is 18.9 Å². The zero-order valence-corrected chi connectivity index (χ0v) is 16.4. The number of nitrogens with two attached hydrogens (primary N) is 2. The molecular weight excluding hydrogens is 372 g/mol. The average molecular weight is 394 g/mol. The van der Waals surface area contributed by atoms with Gasteiger partial charge in [0.25, 0.3) is 0 Å². The molecule has 8 heteroatoms. The van der Waals surface area contributed by atoms with E-state index in [4.69, 9.17) is 30.4 Å². The second-order valence-electron chi connectivity index (χ2n) is 6.89. The minimum Gasteiger partial charge on any atom is -0.496 e. The number of benzene rings is 2. The number of nitrogens with zero attached hydrogens (tertiary/aromatic N) is 2. The largest absolute Gasteiger partial charge is 0.496 e. The minimum absolute atomic E-state index is 0.0923. The molecule has 3 aromatic rings. The van der Waals surface area contributed by atoms with Crippen molar-refractivity contribution in [2.24, 2.45) is 0 Å². The molecule has 29 heavy (non-hydrogen) atoms. The van der Waals surface area contributed by atoms with Crippen LogP contribution in [0.25, 0.3) is 11.1 Å². The summed E-state index contributed by atoms with van der Waals surface area (Å²) in [4.78, 5) is 7.93. The summed E-state index contributed by atoms with van der Waals surface area (Å²) in [6.07, 6.45) is 1.46. The van der Waals surface area contributed by atoms with Crippen molar-refractivity contribution in [2.45, 2.75) is 19.8 Å². The third-order valence-corrected chi connectivity index (χ3v) is 4.66. The summed E-state index contributed by atoms with van der Waals surface area (Å²) in [5.41, 5.74) is 14.3. The van der Waals surface area contributed by atoms with Gasteiger partial charge in [-0.25, -0.2) is 4.98 Å². The Morgan fingerprint density at radius 1 is 1.00 bits per heavy atom. The number of methoxy groups -OCH3 is 1. The fourth-order valence-electron chi connectivity index (χ4n) is 3.17. The molecule has 0 spiro atoms. The van der Waals surface area contributed by atoms with Gasteiger partial charge in [0, 0.05) is 11.1 Å². The van der Waals surface area contributed by atoms with Crippen molar-refractivity contribution in [1.29, 1.82) is 0 Å². The molecule has 1 aliphatic heterocycles. The lowest BCUT2D eigenvalue weighted by Crippen LogP contribution is -2.03. The van der Waals surface area contributed by atoms with E-state index in [1.807, 2.05) is 30.3 Å². The Kier molecular flexibility index (Phi) is 4.75. The van der Waals surface area contributed by atoms with Gasteiger partial charge in [0.2, 0.25) is 12.7 Å². The Morgan fingerprint density at radius 3 is 2.52 bits per heavy atom. The highest BCUT2D eigenvalue weighted by molar-refractivity contribution is 5.76. The Bertz CT molecular complexity index is 1070. The Labute approximate surface area is 168 Å². The van der Waals surface area contributed by atoms with Crippen molar-refractivity contribution in [3.05, 3.63) is 42.1 Å². The second-order valence-corrected chi connectivity index (χ2v) is 6.89. The number of ether oxygens (including phenoxy) is 4. The Hall–Kier alpha value is -3.68. The molecule has 1 aromatic heterocycles. The molecule has 0 saturated heterocycles. The van der Waals surface area contributed by atoms with Crippen LogP contribution in [-0.4, -0.2) is 23.9 Å². The summed E-state index contributed by atoms with van der Waals surface area (Å²) < 4.78 is 22.7. The number of nitrogen functional groups attached to an aromatic ring is 2. The first-order chi connectivity index (χ1) is 14.0. The maximum Gasteiger partial charge on any atom is 0.231 e. The van der Waals surface area contributed by atoms with Gasteiger partial charge in [0.05, 0.1) is 13.3 Å². The minimum atomic E-state index is 0.0923. The van der Waals surface area contributed by atoms with Gasteiger partial charge in [-0.1, -0.05) is 19.9 Å². The van der Waals surface area contributed by atoms with Gasteiger partial charge >= 0.3 is 0 Å². The van der Waals surface area contributed by atoms with Crippen molar-refractivity contribution in [3.8, 4) is 39.9 Å². The highest BCUT2D eigenvalue weighted by Gasteiger charge is 2.20. The van der Waals surface area contributed by atoms with E-state index in [9.17, 15) is 0 Å². The van der Waals surface area contributed by atoms with Crippen molar-refractivity contribution >= 4 is 11.8 Å². The lowest BCUT2D eigenvalue weighted by molar-refractivity contribution is 0.174. The quantitative estimate of drug-likeness (QED) is 0.668. The van der Waals surface area contributed by atoms with Crippen LogP contribution in [0.1, 0.15) is 25.3 Å². The molecule has 150 valence electrons. The third kappa shape index (κ3) is 3.56. The fourth-order valence-corrected chi connectivity index (χ4v) is 3.17. The van der Waals surface area contributed by atoms with E-state index < -0.39 is 0 Å². The standard InChI is InChI=1S/C21H22N4O4/c1-11(2)13-7-16(26-3)14(12-4-5-15-18(6-12)28-10-27-15)8-17(13)29-19-9-24-21(23)25-20(19)22/h4-9,11H,10H2,1-3H3,(H4,22,23,24,25). The van der Waals surface area contributed by atoms with E-state index in [2.05, 4.69) is 23.8 Å². The van der Waals surface area contributed by atoms with E-state index in [0.29, 0.717) is 17.2 Å². The van der Waals surface area contributed by atoms with Crippen LogP contribution in [-0.2, 0) is 0 Å². The van der Waals surface area contributed by atoms with E-state index in [1.165, 1.54) is 6.20 Å². The molecule has 2 heterocycles. The Morgan fingerprint density at radius 2 is 1.79 bits per heavy atom. The molecule has 8 nitrogen and oxygen atoms in total. The Balaban J connectivity index is 1.82. The van der Waals surface area contributed by atoms with Crippen LogP contribution >= 0.6 is 0 Å². The van der Waals surface area contributed by atoms with E-state index >= 15 is 0 Å². The summed E-state index contributed by atoms with van der Waals surface area (Å²) in [5, 5.41) is 0. The molecule has 0 atom stereocenters. The summed E-state index contributed by atoms with van der Waals surface area (Å²) in [6.45, 7) is 4.36. The van der Waals surface area contributed by atoms with Gasteiger partial charge in [-0.15, -0.1) is 0 Å². The smallest absolute Gasteiger partial charge is 0.231 e. The highest BCUT2D eigenvalue weighted by Crippen LogP contribution is 2.43. The number of aromatic nitrogens is 2. The van der Waals surface area contributed by atoms with Crippen LogP contribution in [0.5, 0.6) is 28.7 Å². The van der Waals surface area contributed by atoms with Crippen molar-refractivity contribution in [1.82, 2.24) is 9.97 Å². The first-order valence-corrected chi connectivity index (χ1v) is 9.14. The predicted molar refractivity (Wildman–Crippen MR) is 110 cm³/mol. The molecule has 0 radical (unpaired) electrons. The fraction of sp³-hybridized carbons (Fsp3) is 0.238. The number of rotatable bonds is 5. The molecule has 4 rings (SSSR count). The summed E-state index contributed by atoms with van der Waals surface area (Å²) in [6, 6.07) is 9.63. The maximum atomic E-state index is 6.09. The molecular formula is C21H22N4O4. The van der Waals surface area contributed by atoms with Gasteiger partial charge in [-0.2, -0.15) is 4.98 Å². The zero-order valence-electron chi connectivity index (χ0n) is 16.4. The monoisotopic (exact) mass is 394 g/mol. The molecule has 0 bridgehead atoms. The maximum absolute atomic E-state index is 6.09. The van der Waals surface area contributed by atoms with Crippen LogP contribution in [0.2, 0.25) is 0 Å².